The molecule has 1 aromatic carbocycles. The Bertz CT molecular complexity index is 633. The Morgan fingerprint density at radius 3 is 2.16 bits per heavy atom. The first-order valence-electron chi connectivity index (χ1n) is 7.26. The molecule has 138 valence electrons. The van der Waals surface area contributed by atoms with Crippen LogP contribution in [0, 0.1) is 5.92 Å². The standard InChI is InChI=1S/C15H18Cl3N3O3S/c1-8(2)7-11(22)20-13(15(16,17)18)21-14(25)19-10-5-3-9(4-6-10)12(23)24/h3-6,8,13H,7H2,1-2H3,(H,20,22)(H,23,24)(H2,19,21,25). The minimum atomic E-state index is -1.83. The van der Waals surface area contributed by atoms with Crippen LogP contribution in [0.3, 0.4) is 0 Å². The topological polar surface area (TPSA) is 90.5 Å². The molecule has 1 aromatic rings. The van der Waals surface area contributed by atoms with E-state index in [1.165, 1.54) is 12.1 Å². The van der Waals surface area contributed by atoms with Crippen LogP contribution in [0.1, 0.15) is 30.6 Å². The smallest absolute Gasteiger partial charge is 0.335 e. The predicted octanol–water partition coefficient (Wildman–Crippen LogP) is 3.53. The van der Waals surface area contributed by atoms with E-state index in [9.17, 15) is 9.59 Å². The quantitative estimate of drug-likeness (QED) is 0.316. The van der Waals surface area contributed by atoms with Gasteiger partial charge in [0.2, 0.25) is 9.70 Å². The zero-order chi connectivity index (χ0) is 19.2. The molecule has 0 fully saturated rings. The Hall–Kier alpha value is -1.28. The van der Waals surface area contributed by atoms with Crippen molar-refractivity contribution >= 4 is 69.7 Å². The number of hydrogen-bond acceptors (Lipinski definition) is 3. The van der Waals surface area contributed by atoms with E-state index >= 15 is 0 Å². The predicted molar refractivity (Wildman–Crippen MR) is 104 cm³/mol. The molecule has 6 nitrogen and oxygen atoms in total. The Morgan fingerprint density at radius 1 is 1.16 bits per heavy atom. The van der Waals surface area contributed by atoms with E-state index in [-0.39, 0.29) is 28.9 Å². The highest BCUT2D eigenvalue weighted by molar-refractivity contribution is 7.80. The van der Waals surface area contributed by atoms with Gasteiger partial charge in [-0.25, -0.2) is 4.79 Å². The van der Waals surface area contributed by atoms with E-state index in [0.717, 1.165) is 0 Å². The maximum Gasteiger partial charge on any atom is 0.335 e. The molecule has 0 heterocycles. The molecule has 0 aliphatic rings. The monoisotopic (exact) mass is 425 g/mol. The Balaban J connectivity index is 2.71. The minimum absolute atomic E-state index is 0.101. The summed E-state index contributed by atoms with van der Waals surface area (Å²) < 4.78 is -1.83. The van der Waals surface area contributed by atoms with E-state index in [2.05, 4.69) is 16.0 Å². The Kier molecular flexibility index (Phi) is 8.21. The van der Waals surface area contributed by atoms with E-state index in [0.29, 0.717) is 5.69 Å². The fourth-order valence-electron chi connectivity index (χ4n) is 1.78. The highest BCUT2D eigenvalue weighted by atomic mass is 35.6. The first-order chi connectivity index (χ1) is 11.5. The molecule has 0 aliphatic carbocycles. The van der Waals surface area contributed by atoms with Crippen molar-refractivity contribution in [2.75, 3.05) is 5.32 Å². The third-order valence-electron chi connectivity index (χ3n) is 2.89. The summed E-state index contributed by atoms with van der Waals surface area (Å²) in [6.07, 6.45) is -0.766. The number of carboxylic acids is 1. The summed E-state index contributed by atoms with van der Waals surface area (Å²) in [6.45, 7) is 3.79. The number of thiocarbonyl (C=S) groups is 1. The lowest BCUT2D eigenvalue weighted by Crippen LogP contribution is -2.56. The third kappa shape index (κ3) is 8.09. The Labute approximate surface area is 166 Å². The fourth-order valence-corrected chi connectivity index (χ4v) is 2.35. The summed E-state index contributed by atoms with van der Waals surface area (Å²) >= 11 is 22.8. The number of carbonyl (C=O) groups is 2. The lowest BCUT2D eigenvalue weighted by molar-refractivity contribution is -0.122. The minimum Gasteiger partial charge on any atom is -0.478 e. The van der Waals surface area contributed by atoms with Gasteiger partial charge in [-0.05, 0) is 42.4 Å². The summed E-state index contributed by atoms with van der Waals surface area (Å²) in [5.74, 6) is -1.17. The number of benzene rings is 1. The SMILES string of the molecule is CC(C)CC(=O)NC(NC(=S)Nc1ccc(C(=O)O)cc1)C(Cl)(Cl)Cl. The fraction of sp³-hybridized carbons (Fsp3) is 0.400. The Morgan fingerprint density at radius 2 is 1.72 bits per heavy atom. The van der Waals surface area contributed by atoms with Gasteiger partial charge in [0.1, 0.15) is 6.17 Å². The number of halogens is 3. The van der Waals surface area contributed by atoms with Crippen molar-refractivity contribution in [2.24, 2.45) is 5.92 Å². The number of carbonyl (C=O) groups excluding carboxylic acids is 1. The van der Waals surface area contributed by atoms with Crippen LogP contribution in [0.2, 0.25) is 0 Å². The van der Waals surface area contributed by atoms with E-state index in [1.54, 1.807) is 12.1 Å². The molecule has 0 bridgehead atoms. The second-order valence-corrected chi connectivity index (χ2v) is 8.40. The number of aromatic carboxylic acids is 1. The summed E-state index contributed by atoms with van der Waals surface area (Å²) in [6, 6.07) is 5.92. The summed E-state index contributed by atoms with van der Waals surface area (Å²) in [5.41, 5.74) is 0.684. The molecule has 0 saturated carbocycles. The van der Waals surface area contributed by atoms with Crippen molar-refractivity contribution in [1.82, 2.24) is 10.6 Å². The summed E-state index contributed by atoms with van der Waals surface area (Å²) in [7, 11) is 0. The van der Waals surface area contributed by atoms with Gasteiger partial charge in [-0.2, -0.15) is 0 Å². The number of rotatable bonds is 6. The van der Waals surface area contributed by atoms with Crippen molar-refractivity contribution in [3.8, 4) is 0 Å². The number of carboxylic acid groups (broad SMARTS) is 1. The van der Waals surface area contributed by atoms with E-state index in [4.69, 9.17) is 52.1 Å². The van der Waals surface area contributed by atoms with Gasteiger partial charge < -0.3 is 21.1 Å². The normalized spacial score (nSPS) is 12.4. The molecule has 0 aliphatic heterocycles. The van der Waals surface area contributed by atoms with Gasteiger partial charge in [-0.1, -0.05) is 48.7 Å². The second-order valence-electron chi connectivity index (χ2n) is 5.62. The van der Waals surface area contributed by atoms with Gasteiger partial charge in [-0.15, -0.1) is 0 Å². The lowest BCUT2D eigenvalue weighted by atomic mass is 10.1. The molecule has 0 radical (unpaired) electrons. The van der Waals surface area contributed by atoms with Crippen LogP contribution < -0.4 is 16.0 Å². The average Bonchev–Trinajstić information content (AvgIpc) is 2.45. The van der Waals surface area contributed by atoms with E-state index < -0.39 is 15.9 Å². The molecule has 10 heteroatoms. The van der Waals surface area contributed by atoms with E-state index in [1.807, 2.05) is 13.8 Å². The van der Waals surface area contributed by atoms with Gasteiger partial charge in [0.05, 0.1) is 5.56 Å². The van der Waals surface area contributed by atoms with Gasteiger partial charge in [0.25, 0.3) is 0 Å². The number of nitrogens with one attached hydrogen (secondary N) is 3. The van der Waals surface area contributed by atoms with Crippen LogP contribution in [0.25, 0.3) is 0 Å². The van der Waals surface area contributed by atoms with Gasteiger partial charge in [-0.3, -0.25) is 4.79 Å². The van der Waals surface area contributed by atoms with Crippen LogP contribution in [0.5, 0.6) is 0 Å². The van der Waals surface area contributed by atoms with Crippen LogP contribution in [0.15, 0.2) is 24.3 Å². The van der Waals surface area contributed by atoms with Crippen molar-refractivity contribution in [2.45, 2.75) is 30.2 Å². The molecular formula is C15H18Cl3N3O3S. The van der Waals surface area contributed by atoms with Gasteiger partial charge in [0, 0.05) is 12.1 Å². The first-order valence-corrected chi connectivity index (χ1v) is 8.80. The largest absolute Gasteiger partial charge is 0.478 e. The van der Waals surface area contributed by atoms with Crippen molar-refractivity contribution < 1.29 is 14.7 Å². The van der Waals surface area contributed by atoms with Gasteiger partial charge >= 0.3 is 5.97 Å². The molecule has 1 atom stereocenters. The lowest BCUT2D eigenvalue weighted by Gasteiger charge is -2.28. The zero-order valence-electron chi connectivity index (χ0n) is 13.5. The summed E-state index contributed by atoms with van der Waals surface area (Å²) in [5, 5.41) is 17.1. The van der Waals surface area contributed by atoms with Crippen LogP contribution >= 0.6 is 47.0 Å². The number of anilines is 1. The molecule has 1 amide bonds. The van der Waals surface area contributed by atoms with Crippen molar-refractivity contribution in [1.29, 1.82) is 0 Å². The maximum absolute atomic E-state index is 11.9. The molecule has 0 aromatic heterocycles. The molecule has 0 spiro atoms. The molecule has 1 unspecified atom stereocenters. The molecular weight excluding hydrogens is 409 g/mol. The molecule has 1 rings (SSSR count). The first kappa shape index (κ1) is 21.8. The highest BCUT2D eigenvalue weighted by Gasteiger charge is 2.34. The highest BCUT2D eigenvalue weighted by Crippen LogP contribution is 2.29. The molecule has 4 N–H and O–H groups in total. The number of amides is 1. The van der Waals surface area contributed by atoms with Crippen molar-refractivity contribution in [3.63, 3.8) is 0 Å². The third-order valence-corrected chi connectivity index (χ3v) is 3.77. The van der Waals surface area contributed by atoms with Crippen LogP contribution in [-0.4, -0.2) is 32.1 Å². The van der Waals surface area contributed by atoms with Gasteiger partial charge in [0.15, 0.2) is 5.11 Å². The maximum atomic E-state index is 11.9. The van der Waals surface area contributed by atoms with Crippen LogP contribution in [0.4, 0.5) is 5.69 Å². The molecule has 25 heavy (non-hydrogen) atoms. The average molecular weight is 427 g/mol. The number of hydrogen-bond donors (Lipinski definition) is 4. The number of alkyl halides is 3. The molecule has 0 saturated heterocycles. The zero-order valence-corrected chi connectivity index (χ0v) is 16.6. The second kappa shape index (κ2) is 9.43. The van der Waals surface area contributed by atoms with Crippen LogP contribution in [-0.2, 0) is 4.79 Å². The summed E-state index contributed by atoms with van der Waals surface area (Å²) in [4.78, 5) is 22.7. The van der Waals surface area contributed by atoms with Crippen molar-refractivity contribution in [3.05, 3.63) is 29.8 Å².